The molecule has 13 heavy (non-hydrogen) atoms. The van der Waals surface area contributed by atoms with Gasteiger partial charge in [0.05, 0.1) is 0 Å². The number of hydrogen-bond acceptors (Lipinski definition) is 2. The first-order chi connectivity index (χ1) is 6.33. The molecule has 0 bridgehead atoms. The second-order valence-corrected chi connectivity index (χ2v) is 4.22. The number of halogens is 1. The van der Waals surface area contributed by atoms with Crippen LogP contribution in [-0.4, -0.2) is 28.0 Å². The second kappa shape index (κ2) is 3.80. The van der Waals surface area contributed by atoms with Crippen molar-refractivity contribution in [3.8, 4) is 0 Å². The Morgan fingerprint density at radius 3 is 3.15 bits per heavy atom. The molecule has 2 heterocycles. The van der Waals surface area contributed by atoms with E-state index in [2.05, 4.69) is 37.8 Å². The Balaban J connectivity index is 2.20. The third-order valence-electron chi connectivity index (χ3n) is 2.73. The largest absolute Gasteiger partial charge is 0.338 e. The van der Waals surface area contributed by atoms with Gasteiger partial charge in [-0.1, -0.05) is 15.9 Å². The highest BCUT2D eigenvalue weighted by atomic mass is 79.9. The molecule has 2 rings (SSSR count). The predicted molar refractivity (Wildman–Crippen MR) is 56.1 cm³/mol. The van der Waals surface area contributed by atoms with Crippen LogP contribution in [0, 0.1) is 5.92 Å². The minimum Gasteiger partial charge on any atom is -0.338 e. The Morgan fingerprint density at radius 1 is 1.69 bits per heavy atom. The van der Waals surface area contributed by atoms with Gasteiger partial charge in [-0.2, -0.15) is 0 Å². The molecule has 1 aliphatic rings. The van der Waals surface area contributed by atoms with Crippen LogP contribution in [0.3, 0.4) is 0 Å². The van der Waals surface area contributed by atoms with E-state index < -0.39 is 0 Å². The van der Waals surface area contributed by atoms with Crippen molar-refractivity contribution >= 4 is 15.9 Å². The van der Waals surface area contributed by atoms with Crippen molar-refractivity contribution < 1.29 is 0 Å². The summed E-state index contributed by atoms with van der Waals surface area (Å²) in [5.41, 5.74) is 0. The van der Waals surface area contributed by atoms with Crippen LogP contribution in [0.25, 0.3) is 0 Å². The molecule has 0 aromatic carbocycles. The lowest BCUT2D eigenvalue weighted by Gasteiger charge is -2.15. The average molecular weight is 244 g/mol. The molecule has 1 N–H and O–H groups in total. The topological polar surface area (TPSA) is 29.9 Å². The number of aryl methyl sites for hydroxylation is 1. The Hall–Kier alpha value is -0.350. The van der Waals surface area contributed by atoms with Crippen molar-refractivity contribution in [2.45, 2.75) is 5.92 Å². The van der Waals surface area contributed by atoms with E-state index in [4.69, 9.17) is 0 Å². The molecule has 3 nitrogen and oxygen atoms in total. The van der Waals surface area contributed by atoms with Gasteiger partial charge >= 0.3 is 0 Å². The standard InChI is InChI=1S/C9H14BrN3/c1-13-3-2-12-9(13)8-6-11-5-7(8)4-10/h2-3,7-8,11H,4-6H2,1H3. The van der Waals surface area contributed by atoms with Crippen molar-refractivity contribution in [2.24, 2.45) is 13.0 Å². The maximum atomic E-state index is 4.40. The van der Waals surface area contributed by atoms with Crippen LogP contribution in [0.5, 0.6) is 0 Å². The van der Waals surface area contributed by atoms with Crippen LogP contribution in [-0.2, 0) is 7.05 Å². The monoisotopic (exact) mass is 243 g/mol. The zero-order valence-electron chi connectivity index (χ0n) is 7.70. The zero-order chi connectivity index (χ0) is 9.26. The van der Waals surface area contributed by atoms with Gasteiger partial charge in [0.2, 0.25) is 0 Å². The molecular formula is C9H14BrN3. The molecule has 0 aliphatic carbocycles. The van der Waals surface area contributed by atoms with Gasteiger partial charge < -0.3 is 9.88 Å². The van der Waals surface area contributed by atoms with Crippen molar-refractivity contribution in [3.05, 3.63) is 18.2 Å². The van der Waals surface area contributed by atoms with Gasteiger partial charge in [-0.25, -0.2) is 4.98 Å². The Kier molecular flexibility index (Phi) is 2.69. The number of aromatic nitrogens is 2. The summed E-state index contributed by atoms with van der Waals surface area (Å²) < 4.78 is 2.12. The van der Waals surface area contributed by atoms with E-state index in [0.29, 0.717) is 11.8 Å². The number of nitrogens with zero attached hydrogens (tertiary/aromatic N) is 2. The minimum absolute atomic E-state index is 0.569. The third kappa shape index (κ3) is 1.65. The van der Waals surface area contributed by atoms with Gasteiger partial charge in [0, 0.05) is 37.2 Å². The fourth-order valence-electron chi connectivity index (χ4n) is 1.93. The smallest absolute Gasteiger partial charge is 0.113 e. The van der Waals surface area contributed by atoms with Crippen LogP contribution >= 0.6 is 15.9 Å². The molecule has 1 aliphatic heterocycles. The summed E-state index contributed by atoms with van der Waals surface area (Å²) in [5, 5.41) is 4.46. The first-order valence-electron chi connectivity index (χ1n) is 4.57. The van der Waals surface area contributed by atoms with E-state index in [9.17, 15) is 0 Å². The van der Waals surface area contributed by atoms with Gasteiger partial charge in [0.25, 0.3) is 0 Å². The van der Waals surface area contributed by atoms with Gasteiger partial charge in [0.1, 0.15) is 5.82 Å². The van der Waals surface area contributed by atoms with Gasteiger partial charge in [-0.3, -0.25) is 0 Å². The molecule has 0 spiro atoms. The number of alkyl halides is 1. The summed E-state index contributed by atoms with van der Waals surface area (Å²) >= 11 is 3.55. The highest BCUT2D eigenvalue weighted by Crippen LogP contribution is 2.27. The van der Waals surface area contributed by atoms with Crippen molar-refractivity contribution in [1.29, 1.82) is 0 Å². The number of imidazole rings is 1. The highest BCUT2D eigenvalue weighted by molar-refractivity contribution is 9.09. The van der Waals surface area contributed by atoms with E-state index in [1.54, 1.807) is 0 Å². The van der Waals surface area contributed by atoms with E-state index in [1.807, 2.05) is 12.4 Å². The summed E-state index contributed by atoms with van der Waals surface area (Å²) in [6, 6.07) is 0. The van der Waals surface area contributed by atoms with E-state index in [0.717, 1.165) is 18.4 Å². The summed E-state index contributed by atoms with van der Waals surface area (Å²) in [6.07, 6.45) is 3.89. The number of rotatable bonds is 2. The van der Waals surface area contributed by atoms with Crippen LogP contribution in [0.1, 0.15) is 11.7 Å². The molecule has 0 saturated carbocycles. The minimum atomic E-state index is 0.569. The van der Waals surface area contributed by atoms with Crippen molar-refractivity contribution in [1.82, 2.24) is 14.9 Å². The Labute approximate surface area is 86.7 Å². The third-order valence-corrected chi connectivity index (χ3v) is 3.56. The van der Waals surface area contributed by atoms with Crippen LogP contribution < -0.4 is 5.32 Å². The van der Waals surface area contributed by atoms with Gasteiger partial charge in [0.15, 0.2) is 0 Å². The molecule has 2 unspecified atom stereocenters. The Bertz CT molecular complexity index is 284. The van der Waals surface area contributed by atoms with E-state index in [1.165, 1.54) is 5.82 Å². The van der Waals surface area contributed by atoms with E-state index >= 15 is 0 Å². The molecule has 0 amide bonds. The zero-order valence-corrected chi connectivity index (χ0v) is 9.29. The number of hydrogen-bond donors (Lipinski definition) is 1. The van der Waals surface area contributed by atoms with Gasteiger partial charge in [-0.15, -0.1) is 0 Å². The first-order valence-corrected chi connectivity index (χ1v) is 5.69. The summed E-state index contributed by atoms with van der Waals surface area (Å²) in [7, 11) is 2.06. The molecular weight excluding hydrogens is 230 g/mol. The molecule has 2 atom stereocenters. The molecule has 1 saturated heterocycles. The molecule has 1 aromatic rings. The lowest BCUT2D eigenvalue weighted by molar-refractivity contribution is 0.540. The lowest BCUT2D eigenvalue weighted by atomic mass is 9.97. The normalized spacial score (nSPS) is 28.2. The second-order valence-electron chi connectivity index (χ2n) is 3.58. The van der Waals surface area contributed by atoms with Crippen LogP contribution in [0.15, 0.2) is 12.4 Å². The number of nitrogens with one attached hydrogen (secondary N) is 1. The molecule has 1 aromatic heterocycles. The van der Waals surface area contributed by atoms with Crippen LogP contribution in [0.4, 0.5) is 0 Å². The van der Waals surface area contributed by atoms with Crippen molar-refractivity contribution in [2.75, 3.05) is 18.4 Å². The summed E-state index contributed by atoms with van der Waals surface area (Å²) in [4.78, 5) is 4.40. The molecule has 0 radical (unpaired) electrons. The SMILES string of the molecule is Cn1ccnc1C1CNCC1CBr. The molecule has 4 heteroatoms. The molecule has 1 fully saturated rings. The first kappa shape index (κ1) is 9.21. The Morgan fingerprint density at radius 2 is 2.54 bits per heavy atom. The van der Waals surface area contributed by atoms with Gasteiger partial charge in [-0.05, 0) is 12.5 Å². The van der Waals surface area contributed by atoms with Crippen molar-refractivity contribution in [3.63, 3.8) is 0 Å². The predicted octanol–water partition coefficient (Wildman–Crippen LogP) is 1.12. The van der Waals surface area contributed by atoms with E-state index in [-0.39, 0.29) is 0 Å². The summed E-state index contributed by atoms with van der Waals surface area (Å²) in [6.45, 7) is 2.16. The fraction of sp³-hybridized carbons (Fsp3) is 0.667. The highest BCUT2D eigenvalue weighted by Gasteiger charge is 2.29. The lowest BCUT2D eigenvalue weighted by Crippen LogP contribution is -2.15. The maximum Gasteiger partial charge on any atom is 0.113 e. The summed E-state index contributed by atoms with van der Waals surface area (Å²) in [5.74, 6) is 2.45. The van der Waals surface area contributed by atoms with Crippen LogP contribution in [0.2, 0.25) is 0 Å². The average Bonchev–Trinajstić information content (AvgIpc) is 2.71. The maximum absolute atomic E-state index is 4.40. The quantitative estimate of drug-likeness (QED) is 0.790. The molecule has 72 valence electrons. The fourth-order valence-corrected chi connectivity index (χ4v) is 2.61.